The van der Waals surface area contributed by atoms with Crippen LogP contribution in [0, 0.1) is 0 Å². The van der Waals surface area contributed by atoms with Gasteiger partial charge in [-0.2, -0.15) is 13.2 Å². The van der Waals surface area contributed by atoms with Gasteiger partial charge >= 0.3 is 6.18 Å². The summed E-state index contributed by atoms with van der Waals surface area (Å²) < 4.78 is 37.8. The van der Waals surface area contributed by atoms with Crippen molar-refractivity contribution in [2.24, 2.45) is 0 Å². The Morgan fingerprint density at radius 2 is 1.89 bits per heavy atom. The fourth-order valence-corrected chi connectivity index (χ4v) is 2.17. The van der Waals surface area contributed by atoms with Crippen molar-refractivity contribution in [2.75, 3.05) is 18.0 Å². The summed E-state index contributed by atoms with van der Waals surface area (Å²) in [5, 5.41) is 9.38. The Morgan fingerprint density at radius 1 is 1.22 bits per heavy atom. The molecule has 1 saturated heterocycles. The van der Waals surface area contributed by atoms with Gasteiger partial charge in [-0.05, 0) is 25.3 Å². The summed E-state index contributed by atoms with van der Waals surface area (Å²) in [4.78, 5) is 5.82. The first-order chi connectivity index (χ1) is 8.50. The molecule has 1 fully saturated rings. The van der Waals surface area contributed by atoms with Crippen LogP contribution in [0.25, 0.3) is 0 Å². The van der Waals surface area contributed by atoms with Crippen molar-refractivity contribution in [1.82, 2.24) is 4.98 Å². The molecule has 1 aromatic heterocycles. The van der Waals surface area contributed by atoms with E-state index in [-0.39, 0.29) is 11.4 Å². The zero-order chi connectivity index (χ0) is 13.2. The summed E-state index contributed by atoms with van der Waals surface area (Å²) >= 11 is 0. The average Bonchev–Trinajstić information content (AvgIpc) is 2.38. The van der Waals surface area contributed by atoms with E-state index in [9.17, 15) is 18.3 Å². The smallest absolute Gasteiger partial charge is 0.379 e. The first-order valence-corrected chi connectivity index (χ1v) is 5.95. The maximum atomic E-state index is 12.6. The highest BCUT2D eigenvalue weighted by Gasteiger charge is 2.41. The fraction of sp³-hybridized carbons (Fsp3) is 0.583. The van der Waals surface area contributed by atoms with Crippen LogP contribution in [-0.4, -0.2) is 29.4 Å². The lowest BCUT2D eigenvalue weighted by molar-refractivity contribution is -0.206. The van der Waals surface area contributed by atoms with E-state index >= 15 is 0 Å². The largest absolute Gasteiger partial charge is 0.418 e. The highest BCUT2D eigenvalue weighted by atomic mass is 19.4. The van der Waals surface area contributed by atoms with E-state index < -0.39 is 12.3 Å². The number of anilines is 1. The molecule has 0 spiro atoms. The topological polar surface area (TPSA) is 36.4 Å². The van der Waals surface area contributed by atoms with Gasteiger partial charge in [0.15, 0.2) is 6.10 Å². The molecule has 0 amide bonds. The van der Waals surface area contributed by atoms with E-state index in [1.54, 1.807) is 0 Å². The van der Waals surface area contributed by atoms with E-state index in [0.29, 0.717) is 13.1 Å². The van der Waals surface area contributed by atoms with Crippen molar-refractivity contribution in [3.63, 3.8) is 0 Å². The number of pyridine rings is 1. The maximum Gasteiger partial charge on any atom is 0.418 e. The minimum absolute atomic E-state index is 0.160. The second-order valence-corrected chi connectivity index (χ2v) is 4.41. The van der Waals surface area contributed by atoms with Gasteiger partial charge in [-0.15, -0.1) is 0 Å². The number of aliphatic hydroxyl groups excluding tert-OH is 1. The van der Waals surface area contributed by atoms with Gasteiger partial charge in [0.1, 0.15) is 5.82 Å². The van der Waals surface area contributed by atoms with Gasteiger partial charge in [-0.1, -0.05) is 6.07 Å². The molecule has 3 nitrogen and oxygen atoms in total. The lowest BCUT2D eigenvalue weighted by atomic mass is 10.1. The number of halogens is 3. The highest BCUT2D eigenvalue weighted by molar-refractivity contribution is 5.48. The van der Waals surface area contributed by atoms with Crippen LogP contribution in [0.5, 0.6) is 0 Å². The van der Waals surface area contributed by atoms with Crippen LogP contribution in [0.15, 0.2) is 18.3 Å². The Balaban J connectivity index is 2.30. The van der Waals surface area contributed by atoms with Crippen molar-refractivity contribution >= 4 is 5.82 Å². The van der Waals surface area contributed by atoms with Crippen molar-refractivity contribution < 1.29 is 18.3 Å². The van der Waals surface area contributed by atoms with Crippen LogP contribution in [0.4, 0.5) is 19.0 Å². The molecule has 100 valence electrons. The molecular formula is C12H15F3N2O. The molecule has 6 heteroatoms. The molecule has 2 heterocycles. The third-order valence-corrected chi connectivity index (χ3v) is 3.08. The van der Waals surface area contributed by atoms with E-state index in [1.165, 1.54) is 18.3 Å². The second kappa shape index (κ2) is 5.14. The standard InChI is InChI=1S/C12H15F3N2O/c13-12(14,15)10(18)9-5-4-6-16-11(9)17-7-2-1-3-8-17/h4-6,10,18H,1-3,7-8H2/t10-/m1/s1. The number of aromatic nitrogens is 1. The Kier molecular flexibility index (Phi) is 3.75. The molecule has 0 unspecified atom stereocenters. The molecule has 0 saturated carbocycles. The minimum atomic E-state index is -4.66. The van der Waals surface area contributed by atoms with Gasteiger partial charge in [0.05, 0.1) is 0 Å². The summed E-state index contributed by atoms with van der Waals surface area (Å²) in [7, 11) is 0. The van der Waals surface area contributed by atoms with Gasteiger partial charge in [0, 0.05) is 24.8 Å². The Hall–Kier alpha value is -1.30. The SMILES string of the molecule is O[C@H](c1cccnc1N1CCCCC1)C(F)(F)F. The molecule has 1 aromatic rings. The molecule has 0 aromatic carbocycles. The first kappa shape index (κ1) is 13.1. The minimum Gasteiger partial charge on any atom is -0.379 e. The quantitative estimate of drug-likeness (QED) is 0.888. The summed E-state index contributed by atoms with van der Waals surface area (Å²) in [6.45, 7) is 1.38. The molecule has 0 aliphatic carbocycles. The number of nitrogens with zero attached hydrogens (tertiary/aromatic N) is 2. The normalized spacial score (nSPS) is 18.8. The molecular weight excluding hydrogens is 245 g/mol. The second-order valence-electron chi connectivity index (χ2n) is 4.41. The summed E-state index contributed by atoms with van der Waals surface area (Å²) in [5.41, 5.74) is -0.160. The highest BCUT2D eigenvalue weighted by Crippen LogP contribution is 2.36. The maximum absolute atomic E-state index is 12.6. The Bertz CT molecular complexity index is 403. The average molecular weight is 260 g/mol. The Morgan fingerprint density at radius 3 is 2.50 bits per heavy atom. The summed E-state index contributed by atoms with van der Waals surface area (Å²) in [6.07, 6.45) is -2.70. The fourth-order valence-electron chi connectivity index (χ4n) is 2.17. The monoisotopic (exact) mass is 260 g/mol. The molecule has 1 aliphatic rings. The third-order valence-electron chi connectivity index (χ3n) is 3.08. The van der Waals surface area contributed by atoms with E-state index in [2.05, 4.69) is 4.98 Å². The number of rotatable bonds is 2. The van der Waals surface area contributed by atoms with Gasteiger partial charge < -0.3 is 10.0 Å². The van der Waals surface area contributed by atoms with Crippen LogP contribution in [0.2, 0.25) is 0 Å². The Labute approximate surface area is 103 Å². The molecule has 1 atom stereocenters. The van der Waals surface area contributed by atoms with Crippen molar-refractivity contribution in [3.05, 3.63) is 23.9 Å². The zero-order valence-electron chi connectivity index (χ0n) is 9.82. The van der Waals surface area contributed by atoms with Crippen molar-refractivity contribution in [1.29, 1.82) is 0 Å². The van der Waals surface area contributed by atoms with Gasteiger partial charge in [-0.3, -0.25) is 0 Å². The van der Waals surface area contributed by atoms with Crippen LogP contribution < -0.4 is 4.90 Å². The number of aliphatic hydroxyl groups is 1. The predicted molar refractivity (Wildman–Crippen MR) is 61.3 cm³/mol. The number of hydrogen-bond donors (Lipinski definition) is 1. The van der Waals surface area contributed by atoms with Crippen LogP contribution in [0.1, 0.15) is 30.9 Å². The predicted octanol–water partition coefficient (Wildman–Crippen LogP) is 2.67. The molecule has 0 radical (unpaired) electrons. The lowest BCUT2D eigenvalue weighted by Crippen LogP contribution is -2.32. The van der Waals surface area contributed by atoms with Gasteiger partial charge in [0.25, 0.3) is 0 Å². The van der Waals surface area contributed by atoms with Crippen LogP contribution >= 0.6 is 0 Å². The van der Waals surface area contributed by atoms with Crippen molar-refractivity contribution in [3.8, 4) is 0 Å². The number of piperidine rings is 1. The molecule has 2 rings (SSSR count). The van der Waals surface area contributed by atoms with E-state index in [4.69, 9.17) is 0 Å². The third kappa shape index (κ3) is 2.75. The lowest BCUT2D eigenvalue weighted by Gasteiger charge is -2.30. The van der Waals surface area contributed by atoms with Crippen LogP contribution in [-0.2, 0) is 0 Å². The molecule has 1 aliphatic heterocycles. The van der Waals surface area contributed by atoms with Crippen LogP contribution in [0.3, 0.4) is 0 Å². The zero-order valence-corrected chi connectivity index (χ0v) is 9.82. The number of hydrogen-bond acceptors (Lipinski definition) is 3. The molecule has 18 heavy (non-hydrogen) atoms. The van der Waals surface area contributed by atoms with Crippen molar-refractivity contribution in [2.45, 2.75) is 31.5 Å². The summed E-state index contributed by atoms with van der Waals surface area (Å²) in [5.74, 6) is 0.252. The van der Waals surface area contributed by atoms with Gasteiger partial charge in [0.2, 0.25) is 0 Å². The number of alkyl halides is 3. The summed E-state index contributed by atoms with van der Waals surface area (Å²) in [6, 6.07) is 2.70. The van der Waals surface area contributed by atoms with Gasteiger partial charge in [-0.25, -0.2) is 4.98 Å². The van der Waals surface area contributed by atoms with E-state index in [1.807, 2.05) is 4.90 Å². The van der Waals surface area contributed by atoms with E-state index in [0.717, 1.165) is 19.3 Å². The molecule has 0 bridgehead atoms. The molecule has 1 N–H and O–H groups in total. The first-order valence-electron chi connectivity index (χ1n) is 5.95.